The van der Waals surface area contributed by atoms with Crippen LogP contribution >= 0.6 is 0 Å². The fraction of sp³-hybridized carbons (Fsp3) is 0.273. The topological polar surface area (TPSA) is 38.0 Å². The zero-order valence-corrected chi connectivity index (χ0v) is 7.80. The predicted octanol–water partition coefficient (Wildman–Crippen LogP) is 0.369. The van der Waals surface area contributed by atoms with Crippen molar-refractivity contribution in [3.63, 3.8) is 0 Å². The highest BCUT2D eigenvalue weighted by Crippen LogP contribution is 2.04. The van der Waals surface area contributed by atoms with Gasteiger partial charge >= 0.3 is 0 Å². The third kappa shape index (κ3) is 1.28. The molecule has 13 heavy (non-hydrogen) atoms. The quantitative estimate of drug-likeness (QED) is 0.645. The van der Waals surface area contributed by atoms with Crippen molar-refractivity contribution < 1.29 is 0 Å². The SMILES string of the molecule is CNc1cccc2c1=C(N)CCC=2. The minimum Gasteiger partial charge on any atom is -0.401 e. The summed E-state index contributed by atoms with van der Waals surface area (Å²) in [7, 11) is 1.93. The van der Waals surface area contributed by atoms with Gasteiger partial charge in [0.25, 0.3) is 0 Å². The normalized spacial score (nSPS) is 14.7. The molecule has 0 aromatic heterocycles. The maximum atomic E-state index is 5.98. The largest absolute Gasteiger partial charge is 0.401 e. The molecule has 1 aromatic carbocycles. The number of nitrogens with one attached hydrogen (secondary N) is 1. The maximum absolute atomic E-state index is 5.98. The van der Waals surface area contributed by atoms with E-state index in [0.29, 0.717) is 0 Å². The first-order valence-corrected chi connectivity index (χ1v) is 4.58. The summed E-state index contributed by atoms with van der Waals surface area (Å²) in [5.74, 6) is 0. The molecule has 0 unspecified atom stereocenters. The van der Waals surface area contributed by atoms with Crippen molar-refractivity contribution in [2.24, 2.45) is 5.73 Å². The summed E-state index contributed by atoms with van der Waals surface area (Å²) in [6.45, 7) is 0. The van der Waals surface area contributed by atoms with E-state index < -0.39 is 0 Å². The molecule has 0 atom stereocenters. The summed E-state index contributed by atoms with van der Waals surface area (Å²) in [5.41, 5.74) is 8.11. The van der Waals surface area contributed by atoms with Crippen LogP contribution in [0.5, 0.6) is 0 Å². The lowest BCUT2D eigenvalue weighted by Gasteiger charge is -2.09. The summed E-state index contributed by atoms with van der Waals surface area (Å²) in [4.78, 5) is 0. The van der Waals surface area contributed by atoms with Crippen molar-refractivity contribution in [3.8, 4) is 0 Å². The van der Waals surface area contributed by atoms with Gasteiger partial charge in [-0.25, -0.2) is 0 Å². The number of hydrogen-bond acceptors (Lipinski definition) is 2. The van der Waals surface area contributed by atoms with E-state index in [9.17, 15) is 0 Å². The molecule has 1 aliphatic rings. The van der Waals surface area contributed by atoms with E-state index in [0.717, 1.165) is 24.2 Å². The summed E-state index contributed by atoms with van der Waals surface area (Å²) >= 11 is 0. The zero-order valence-electron chi connectivity index (χ0n) is 7.80. The van der Waals surface area contributed by atoms with Crippen LogP contribution in [0.15, 0.2) is 18.2 Å². The highest BCUT2D eigenvalue weighted by molar-refractivity contribution is 5.58. The molecule has 0 saturated carbocycles. The lowest BCUT2D eigenvalue weighted by Crippen LogP contribution is -2.34. The Balaban J connectivity index is 2.86. The minimum absolute atomic E-state index is 0.978. The first kappa shape index (κ1) is 8.17. The molecule has 0 radical (unpaired) electrons. The van der Waals surface area contributed by atoms with Gasteiger partial charge in [-0.3, -0.25) is 0 Å². The van der Waals surface area contributed by atoms with Gasteiger partial charge in [0, 0.05) is 23.7 Å². The van der Waals surface area contributed by atoms with Gasteiger partial charge in [0.05, 0.1) is 0 Å². The van der Waals surface area contributed by atoms with Crippen molar-refractivity contribution in [1.29, 1.82) is 0 Å². The van der Waals surface area contributed by atoms with Crippen LogP contribution in [0.25, 0.3) is 11.8 Å². The highest BCUT2D eigenvalue weighted by atomic mass is 14.8. The van der Waals surface area contributed by atoms with Crippen LogP contribution in [-0.2, 0) is 0 Å². The van der Waals surface area contributed by atoms with E-state index in [1.807, 2.05) is 7.05 Å². The van der Waals surface area contributed by atoms with Crippen LogP contribution in [0.2, 0.25) is 0 Å². The molecule has 0 spiro atoms. The Labute approximate surface area is 77.8 Å². The fourth-order valence-electron chi connectivity index (χ4n) is 1.82. The van der Waals surface area contributed by atoms with Gasteiger partial charge in [0.15, 0.2) is 0 Å². The third-order valence-corrected chi connectivity index (χ3v) is 2.47. The molecular weight excluding hydrogens is 160 g/mol. The van der Waals surface area contributed by atoms with E-state index >= 15 is 0 Å². The molecule has 3 N–H and O–H groups in total. The highest BCUT2D eigenvalue weighted by Gasteiger charge is 2.03. The first-order chi connectivity index (χ1) is 6.33. The van der Waals surface area contributed by atoms with Gasteiger partial charge in [-0.2, -0.15) is 0 Å². The van der Waals surface area contributed by atoms with Crippen LogP contribution in [0.4, 0.5) is 5.69 Å². The van der Waals surface area contributed by atoms with Gasteiger partial charge in [-0.1, -0.05) is 18.2 Å². The number of nitrogens with two attached hydrogens (primary N) is 1. The molecule has 2 rings (SSSR count). The second kappa shape index (κ2) is 3.13. The Morgan fingerprint density at radius 1 is 1.38 bits per heavy atom. The Morgan fingerprint density at radius 2 is 2.23 bits per heavy atom. The standard InChI is InChI=1S/C11H14N2/c1-13-10-7-3-5-8-4-2-6-9(12)11(8)10/h3-5,7,13H,2,6,12H2,1H3. The Hall–Kier alpha value is -1.44. The Kier molecular flexibility index (Phi) is 1.97. The van der Waals surface area contributed by atoms with Gasteiger partial charge in [-0.05, 0) is 24.1 Å². The van der Waals surface area contributed by atoms with E-state index in [1.165, 1.54) is 10.4 Å². The van der Waals surface area contributed by atoms with E-state index in [2.05, 4.69) is 29.6 Å². The summed E-state index contributed by atoms with van der Waals surface area (Å²) in [6, 6.07) is 6.23. The first-order valence-electron chi connectivity index (χ1n) is 4.58. The fourth-order valence-corrected chi connectivity index (χ4v) is 1.82. The van der Waals surface area contributed by atoms with Crippen LogP contribution in [0, 0.1) is 0 Å². The molecule has 1 aliphatic carbocycles. The number of hydrogen-bond donors (Lipinski definition) is 2. The van der Waals surface area contributed by atoms with Crippen LogP contribution < -0.4 is 21.5 Å². The number of fused-ring (bicyclic) bond motifs is 1. The summed E-state index contributed by atoms with van der Waals surface area (Å²) in [5, 5.41) is 5.62. The average molecular weight is 174 g/mol. The number of anilines is 1. The van der Waals surface area contributed by atoms with Crippen LogP contribution in [-0.4, -0.2) is 7.05 Å². The predicted molar refractivity (Wildman–Crippen MR) is 56.5 cm³/mol. The van der Waals surface area contributed by atoms with Crippen molar-refractivity contribution in [2.75, 3.05) is 12.4 Å². The number of rotatable bonds is 1. The van der Waals surface area contributed by atoms with Crippen molar-refractivity contribution in [3.05, 3.63) is 28.6 Å². The van der Waals surface area contributed by atoms with Crippen molar-refractivity contribution in [1.82, 2.24) is 0 Å². The molecule has 0 aliphatic heterocycles. The molecule has 2 heteroatoms. The van der Waals surface area contributed by atoms with Gasteiger partial charge in [0.2, 0.25) is 0 Å². The molecule has 0 heterocycles. The van der Waals surface area contributed by atoms with Crippen LogP contribution in [0.3, 0.4) is 0 Å². The van der Waals surface area contributed by atoms with Crippen molar-refractivity contribution in [2.45, 2.75) is 12.8 Å². The van der Waals surface area contributed by atoms with E-state index in [4.69, 9.17) is 5.73 Å². The van der Waals surface area contributed by atoms with E-state index in [-0.39, 0.29) is 0 Å². The summed E-state index contributed by atoms with van der Waals surface area (Å²) in [6.07, 6.45) is 4.28. The lowest BCUT2D eigenvalue weighted by atomic mass is 10.0. The van der Waals surface area contributed by atoms with Crippen molar-refractivity contribution >= 4 is 17.5 Å². The van der Waals surface area contributed by atoms with Gasteiger partial charge < -0.3 is 11.1 Å². The molecule has 1 aromatic rings. The molecule has 0 saturated heterocycles. The molecular formula is C11H14N2. The van der Waals surface area contributed by atoms with E-state index in [1.54, 1.807) is 0 Å². The summed E-state index contributed by atoms with van der Waals surface area (Å²) < 4.78 is 0. The molecule has 0 amide bonds. The molecule has 0 bridgehead atoms. The average Bonchev–Trinajstić information content (AvgIpc) is 2.17. The molecule has 0 fully saturated rings. The monoisotopic (exact) mass is 174 g/mol. The maximum Gasteiger partial charge on any atom is 0.0434 e. The molecule has 2 nitrogen and oxygen atoms in total. The third-order valence-electron chi connectivity index (χ3n) is 2.47. The van der Waals surface area contributed by atoms with Crippen LogP contribution in [0.1, 0.15) is 12.8 Å². The van der Waals surface area contributed by atoms with Gasteiger partial charge in [0.1, 0.15) is 0 Å². The minimum atomic E-state index is 0.978. The molecule has 68 valence electrons. The lowest BCUT2D eigenvalue weighted by molar-refractivity contribution is 1.05. The Morgan fingerprint density at radius 3 is 3.00 bits per heavy atom. The second-order valence-electron chi connectivity index (χ2n) is 3.29. The van der Waals surface area contributed by atoms with Gasteiger partial charge in [-0.15, -0.1) is 0 Å². The number of benzene rings is 1. The zero-order chi connectivity index (χ0) is 9.26. The Bertz CT molecular complexity index is 432. The second-order valence-corrected chi connectivity index (χ2v) is 3.29. The smallest absolute Gasteiger partial charge is 0.0434 e.